The lowest BCUT2D eigenvalue weighted by atomic mass is 9.95. The number of ether oxygens (including phenoxy) is 1. The molecule has 0 radical (unpaired) electrons. The van der Waals surface area contributed by atoms with E-state index in [-0.39, 0.29) is 19.1 Å². The molecule has 3 amide bonds. The molecule has 0 saturated carbocycles. The van der Waals surface area contributed by atoms with Crippen molar-refractivity contribution in [2.24, 2.45) is 0 Å². The summed E-state index contributed by atoms with van der Waals surface area (Å²) in [6.07, 6.45) is 0. The second-order valence-corrected chi connectivity index (χ2v) is 7.66. The van der Waals surface area contributed by atoms with Gasteiger partial charge in [0.15, 0.2) is 0 Å². The van der Waals surface area contributed by atoms with E-state index in [4.69, 9.17) is 4.74 Å². The van der Waals surface area contributed by atoms with Crippen molar-refractivity contribution in [2.45, 2.75) is 26.8 Å². The van der Waals surface area contributed by atoms with Crippen LogP contribution in [0.4, 0.5) is 10.5 Å². The third-order valence-corrected chi connectivity index (χ3v) is 5.50. The highest BCUT2D eigenvalue weighted by Crippen LogP contribution is 2.35. The lowest BCUT2D eigenvalue weighted by Gasteiger charge is -2.32. The number of carbonyl (C=O) groups excluding carboxylic acids is 3. The van der Waals surface area contributed by atoms with Gasteiger partial charge in [0.1, 0.15) is 13.2 Å². The minimum Gasteiger partial charge on any atom is -0.456 e. The number of cyclic esters (lactones) is 1. The highest BCUT2D eigenvalue weighted by Gasteiger charge is 2.42. The molecule has 30 heavy (non-hydrogen) atoms. The van der Waals surface area contributed by atoms with E-state index in [1.54, 1.807) is 0 Å². The van der Waals surface area contributed by atoms with E-state index in [9.17, 15) is 14.4 Å². The number of carbonyl (C=O) groups is 3. The first kappa shape index (κ1) is 19.7. The molecule has 0 unspecified atom stereocenters. The molecule has 2 aliphatic heterocycles. The number of urea groups is 1. The van der Waals surface area contributed by atoms with Gasteiger partial charge in [0.2, 0.25) is 5.91 Å². The Morgan fingerprint density at radius 2 is 1.83 bits per heavy atom. The molecule has 2 aromatic carbocycles. The van der Waals surface area contributed by atoms with E-state index in [2.05, 4.69) is 10.6 Å². The summed E-state index contributed by atoms with van der Waals surface area (Å²) in [7, 11) is 0. The van der Waals surface area contributed by atoms with E-state index >= 15 is 0 Å². The summed E-state index contributed by atoms with van der Waals surface area (Å²) in [6.45, 7) is 5.69. The molecule has 0 aromatic heterocycles. The van der Waals surface area contributed by atoms with Gasteiger partial charge >= 0.3 is 12.0 Å². The minimum atomic E-state index is -0.595. The predicted molar refractivity (Wildman–Crippen MR) is 112 cm³/mol. The van der Waals surface area contributed by atoms with Crippen LogP contribution in [-0.4, -0.2) is 36.0 Å². The van der Waals surface area contributed by atoms with Gasteiger partial charge in [0.25, 0.3) is 0 Å². The molecule has 1 atom stereocenters. The maximum absolute atomic E-state index is 12.8. The summed E-state index contributed by atoms with van der Waals surface area (Å²) in [4.78, 5) is 39.1. The fourth-order valence-corrected chi connectivity index (χ4v) is 3.65. The number of anilines is 1. The lowest BCUT2D eigenvalue weighted by molar-refractivity contribution is -0.136. The number of esters is 1. The van der Waals surface area contributed by atoms with Crippen LogP contribution in [0.3, 0.4) is 0 Å². The molecule has 2 N–H and O–H groups in total. The summed E-state index contributed by atoms with van der Waals surface area (Å²) >= 11 is 0. The largest absolute Gasteiger partial charge is 0.456 e. The molecule has 0 spiro atoms. The number of hydrogen-bond acceptors (Lipinski definition) is 4. The van der Waals surface area contributed by atoms with Crippen molar-refractivity contribution in [3.05, 3.63) is 76.0 Å². The van der Waals surface area contributed by atoms with Crippen LogP contribution in [0, 0.1) is 20.8 Å². The maximum Gasteiger partial charge on any atom is 0.338 e. The number of aryl methyl sites for hydroxylation is 3. The zero-order valence-corrected chi connectivity index (χ0v) is 17.1. The standard InChI is InChI=1S/C23H23N3O4/c1-13-4-7-16(8-5-13)21-20-18(12-30-22(20)28)26(23(29)25-21)11-19(27)24-17-9-6-14(2)15(3)10-17/h4-10,21H,11-12H2,1-3H3,(H,24,27)(H,25,29)/t21-/m0/s1. The smallest absolute Gasteiger partial charge is 0.338 e. The van der Waals surface area contributed by atoms with E-state index in [1.807, 2.05) is 63.2 Å². The normalized spacial score (nSPS) is 18.1. The summed E-state index contributed by atoms with van der Waals surface area (Å²) in [5.41, 5.74) is 5.52. The average Bonchev–Trinajstić information content (AvgIpc) is 3.09. The Morgan fingerprint density at radius 3 is 2.53 bits per heavy atom. The van der Waals surface area contributed by atoms with Gasteiger partial charge in [0, 0.05) is 5.69 Å². The number of nitrogens with zero attached hydrogens (tertiary/aromatic N) is 1. The van der Waals surface area contributed by atoms with Crippen molar-refractivity contribution in [1.82, 2.24) is 10.2 Å². The summed E-state index contributed by atoms with van der Waals surface area (Å²) in [5, 5.41) is 5.65. The number of benzene rings is 2. The van der Waals surface area contributed by atoms with Gasteiger partial charge in [-0.25, -0.2) is 9.59 Å². The number of hydrogen-bond donors (Lipinski definition) is 2. The number of amides is 3. The Kier molecular flexibility index (Phi) is 5.03. The van der Waals surface area contributed by atoms with Crippen LogP contribution in [-0.2, 0) is 14.3 Å². The number of rotatable bonds is 4. The average molecular weight is 405 g/mol. The van der Waals surface area contributed by atoms with Gasteiger partial charge in [-0.2, -0.15) is 0 Å². The molecule has 0 aliphatic carbocycles. The molecule has 0 saturated heterocycles. The van der Waals surface area contributed by atoms with Crippen LogP contribution >= 0.6 is 0 Å². The first-order chi connectivity index (χ1) is 14.3. The Balaban J connectivity index is 1.58. The van der Waals surface area contributed by atoms with Crippen LogP contribution in [0.1, 0.15) is 28.3 Å². The molecule has 4 rings (SSSR count). The zero-order chi connectivity index (χ0) is 21.4. The Labute approximate surface area is 174 Å². The maximum atomic E-state index is 12.8. The van der Waals surface area contributed by atoms with Crippen molar-refractivity contribution >= 4 is 23.6 Å². The summed E-state index contributed by atoms with van der Waals surface area (Å²) in [6, 6.07) is 12.2. The minimum absolute atomic E-state index is 0.0269. The molecule has 2 aromatic rings. The highest BCUT2D eigenvalue weighted by molar-refractivity contribution is 6.00. The van der Waals surface area contributed by atoms with Crippen LogP contribution in [0.5, 0.6) is 0 Å². The fourth-order valence-electron chi connectivity index (χ4n) is 3.65. The topological polar surface area (TPSA) is 87.7 Å². The number of nitrogens with one attached hydrogen (secondary N) is 2. The Morgan fingerprint density at radius 1 is 1.10 bits per heavy atom. The SMILES string of the molecule is Cc1ccc([C@@H]2NC(=O)N(CC(=O)Nc3ccc(C)c(C)c3)C3=C2C(=O)OC3)cc1. The second kappa shape index (κ2) is 7.67. The molecular formula is C23H23N3O4. The fraction of sp³-hybridized carbons (Fsp3) is 0.261. The van der Waals surface area contributed by atoms with Crippen molar-refractivity contribution in [3.63, 3.8) is 0 Å². The van der Waals surface area contributed by atoms with Crippen LogP contribution in [0.2, 0.25) is 0 Å². The predicted octanol–water partition coefficient (Wildman–Crippen LogP) is 3.13. The van der Waals surface area contributed by atoms with Gasteiger partial charge in [-0.05, 0) is 49.6 Å². The van der Waals surface area contributed by atoms with Gasteiger partial charge in [0.05, 0.1) is 17.3 Å². The first-order valence-corrected chi connectivity index (χ1v) is 9.75. The van der Waals surface area contributed by atoms with Crippen molar-refractivity contribution in [1.29, 1.82) is 0 Å². The van der Waals surface area contributed by atoms with Crippen LogP contribution in [0.15, 0.2) is 53.7 Å². The second-order valence-electron chi connectivity index (χ2n) is 7.66. The van der Waals surface area contributed by atoms with Crippen molar-refractivity contribution in [3.8, 4) is 0 Å². The van der Waals surface area contributed by atoms with E-state index in [0.717, 1.165) is 22.3 Å². The van der Waals surface area contributed by atoms with Gasteiger partial charge < -0.3 is 15.4 Å². The van der Waals surface area contributed by atoms with E-state index in [1.165, 1.54) is 4.90 Å². The molecule has 7 nitrogen and oxygen atoms in total. The van der Waals surface area contributed by atoms with Crippen LogP contribution < -0.4 is 10.6 Å². The van der Waals surface area contributed by atoms with Gasteiger partial charge in [-0.3, -0.25) is 9.69 Å². The molecule has 0 fully saturated rings. The highest BCUT2D eigenvalue weighted by atomic mass is 16.5. The zero-order valence-electron chi connectivity index (χ0n) is 17.1. The molecule has 7 heteroatoms. The summed E-state index contributed by atoms with van der Waals surface area (Å²) < 4.78 is 5.20. The third-order valence-electron chi connectivity index (χ3n) is 5.50. The van der Waals surface area contributed by atoms with Gasteiger partial charge in [-0.15, -0.1) is 0 Å². The van der Waals surface area contributed by atoms with Crippen molar-refractivity contribution in [2.75, 3.05) is 18.5 Å². The molecule has 2 aliphatic rings. The quantitative estimate of drug-likeness (QED) is 0.765. The molecule has 2 heterocycles. The monoisotopic (exact) mass is 405 g/mol. The molecule has 154 valence electrons. The first-order valence-electron chi connectivity index (χ1n) is 9.75. The lowest BCUT2D eigenvalue weighted by Crippen LogP contribution is -2.49. The van der Waals surface area contributed by atoms with E-state index < -0.39 is 18.0 Å². The Bertz CT molecular complexity index is 1070. The van der Waals surface area contributed by atoms with Crippen molar-refractivity contribution < 1.29 is 19.1 Å². The Hall–Kier alpha value is -3.61. The summed E-state index contributed by atoms with van der Waals surface area (Å²) in [5.74, 6) is -0.830. The third kappa shape index (κ3) is 3.66. The molecule has 0 bridgehead atoms. The van der Waals surface area contributed by atoms with E-state index in [0.29, 0.717) is 17.0 Å². The van der Waals surface area contributed by atoms with Crippen LogP contribution in [0.25, 0.3) is 0 Å². The molecular weight excluding hydrogens is 382 g/mol. The van der Waals surface area contributed by atoms with Gasteiger partial charge in [-0.1, -0.05) is 35.9 Å².